The predicted molar refractivity (Wildman–Crippen MR) is 85.5 cm³/mol. The summed E-state index contributed by atoms with van der Waals surface area (Å²) in [5, 5.41) is 9.04. The Kier molecular flexibility index (Phi) is 4.66. The molecule has 4 nitrogen and oxygen atoms in total. The monoisotopic (exact) mass is 364 g/mol. The molecule has 1 N–H and O–H groups in total. The van der Waals surface area contributed by atoms with Crippen molar-refractivity contribution < 1.29 is 8.42 Å². The summed E-state index contributed by atoms with van der Waals surface area (Å²) < 4.78 is 28.4. The van der Waals surface area contributed by atoms with Crippen molar-refractivity contribution in [2.75, 3.05) is 4.72 Å². The minimum absolute atomic E-state index is 0.0162. The van der Waals surface area contributed by atoms with Crippen LogP contribution in [0.3, 0.4) is 0 Å². The summed E-state index contributed by atoms with van der Waals surface area (Å²) in [7, 11) is -3.79. The maximum Gasteiger partial charge on any atom is 0.263 e. The van der Waals surface area contributed by atoms with Crippen LogP contribution in [0.25, 0.3) is 0 Å². The molecule has 0 spiro atoms. The molecule has 21 heavy (non-hydrogen) atoms. The van der Waals surface area contributed by atoms with Gasteiger partial charge in [-0.3, -0.25) is 4.72 Å². The fourth-order valence-electron chi connectivity index (χ4n) is 1.95. The Hall–Kier alpha value is -1.84. The molecular formula is C15H13BrN2O2S. The molecule has 0 unspecified atom stereocenters. The molecule has 108 valence electrons. The van der Waals surface area contributed by atoms with Crippen LogP contribution in [-0.2, 0) is 16.4 Å². The molecule has 0 aromatic heterocycles. The summed E-state index contributed by atoms with van der Waals surface area (Å²) >= 11 is 3.36. The first-order chi connectivity index (χ1) is 9.97. The number of benzene rings is 2. The van der Waals surface area contributed by atoms with Gasteiger partial charge in [0, 0.05) is 4.47 Å². The Morgan fingerprint density at radius 2 is 1.95 bits per heavy atom. The van der Waals surface area contributed by atoms with Crippen LogP contribution in [0.1, 0.15) is 18.1 Å². The third-order valence-corrected chi connectivity index (χ3v) is 4.91. The first-order valence-corrected chi connectivity index (χ1v) is 8.56. The van der Waals surface area contributed by atoms with E-state index < -0.39 is 10.0 Å². The number of sulfonamides is 1. The van der Waals surface area contributed by atoms with Crippen LogP contribution in [0, 0.1) is 11.3 Å². The van der Waals surface area contributed by atoms with E-state index in [4.69, 9.17) is 5.26 Å². The van der Waals surface area contributed by atoms with E-state index in [2.05, 4.69) is 20.7 Å². The molecule has 0 radical (unpaired) electrons. The highest BCUT2D eigenvalue weighted by atomic mass is 79.9. The standard InChI is InChI=1S/C15H13BrN2O2S/c1-2-11-9-13(16)7-8-14(11)18-21(19,20)15-6-4-3-5-12(15)10-17/h3-9,18H,2H2,1H3. The van der Waals surface area contributed by atoms with Gasteiger partial charge in [0.05, 0.1) is 11.3 Å². The highest BCUT2D eigenvalue weighted by Gasteiger charge is 2.19. The molecule has 0 saturated heterocycles. The molecule has 0 saturated carbocycles. The van der Waals surface area contributed by atoms with Crippen molar-refractivity contribution in [2.45, 2.75) is 18.2 Å². The number of hydrogen-bond acceptors (Lipinski definition) is 3. The van der Waals surface area contributed by atoms with E-state index >= 15 is 0 Å². The summed E-state index contributed by atoms with van der Waals surface area (Å²) in [6.07, 6.45) is 0.692. The third-order valence-electron chi connectivity index (χ3n) is 2.99. The number of nitriles is 1. The van der Waals surface area contributed by atoms with E-state index in [1.807, 2.05) is 19.1 Å². The van der Waals surface area contributed by atoms with Gasteiger partial charge < -0.3 is 0 Å². The maximum absolute atomic E-state index is 12.5. The molecule has 0 fully saturated rings. The molecule has 0 bridgehead atoms. The average molecular weight is 365 g/mol. The Morgan fingerprint density at radius 3 is 2.62 bits per heavy atom. The molecule has 0 amide bonds. The molecule has 6 heteroatoms. The van der Waals surface area contributed by atoms with Crippen molar-refractivity contribution >= 4 is 31.6 Å². The summed E-state index contributed by atoms with van der Waals surface area (Å²) in [5.74, 6) is 0. The SMILES string of the molecule is CCc1cc(Br)ccc1NS(=O)(=O)c1ccccc1C#N. The van der Waals surface area contributed by atoms with Gasteiger partial charge in [0.1, 0.15) is 11.0 Å². The van der Waals surface area contributed by atoms with Gasteiger partial charge in [0.2, 0.25) is 0 Å². The first-order valence-electron chi connectivity index (χ1n) is 6.28. The van der Waals surface area contributed by atoms with E-state index in [0.717, 1.165) is 10.0 Å². The number of aryl methyl sites for hydroxylation is 1. The van der Waals surface area contributed by atoms with Crippen LogP contribution in [-0.4, -0.2) is 8.42 Å². The lowest BCUT2D eigenvalue weighted by Crippen LogP contribution is -2.15. The van der Waals surface area contributed by atoms with E-state index in [9.17, 15) is 8.42 Å². The Morgan fingerprint density at radius 1 is 1.24 bits per heavy atom. The van der Waals surface area contributed by atoms with Crippen molar-refractivity contribution in [2.24, 2.45) is 0 Å². The number of rotatable bonds is 4. The van der Waals surface area contributed by atoms with Gasteiger partial charge in [-0.25, -0.2) is 8.42 Å². The second-order valence-corrected chi connectivity index (χ2v) is 6.93. The largest absolute Gasteiger partial charge is 0.279 e. The van der Waals surface area contributed by atoms with Gasteiger partial charge in [-0.2, -0.15) is 5.26 Å². The third kappa shape index (κ3) is 3.43. The number of hydrogen-bond donors (Lipinski definition) is 1. The minimum Gasteiger partial charge on any atom is -0.279 e. The Labute approximate surface area is 132 Å². The zero-order chi connectivity index (χ0) is 15.5. The number of nitrogens with zero attached hydrogens (tertiary/aromatic N) is 1. The van der Waals surface area contributed by atoms with Crippen LogP contribution >= 0.6 is 15.9 Å². The maximum atomic E-state index is 12.5. The zero-order valence-corrected chi connectivity index (χ0v) is 13.7. The molecule has 0 atom stereocenters. The zero-order valence-electron chi connectivity index (χ0n) is 11.3. The second kappa shape index (κ2) is 6.29. The van der Waals surface area contributed by atoms with E-state index in [0.29, 0.717) is 12.1 Å². The van der Waals surface area contributed by atoms with Crippen molar-refractivity contribution in [1.82, 2.24) is 0 Å². The van der Waals surface area contributed by atoms with Gasteiger partial charge in [0.25, 0.3) is 10.0 Å². The van der Waals surface area contributed by atoms with Gasteiger partial charge >= 0.3 is 0 Å². The van der Waals surface area contributed by atoms with E-state index in [1.165, 1.54) is 12.1 Å². The first kappa shape index (κ1) is 15.5. The normalized spacial score (nSPS) is 10.9. The van der Waals surface area contributed by atoms with E-state index in [-0.39, 0.29) is 10.5 Å². The quantitative estimate of drug-likeness (QED) is 0.899. The lowest BCUT2D eigenvalue weighted by atomic mass is 10.1. The summed E-state index contributed by atoms with van der Waals surface area (Å²) in [5.41, 5.74) is 1.52. The number of halogens is 1. The van der Waals surface area contributed by atoms with Crippen molar-refractivity contribution in [3.8, 4) is 6.07 Å². The average Bonchev–Trinajstić information content (AvgIpc) is 2.48. The van der Waals surface area contributed by atoms with Crippen LogP contribution in [0.2, 0.25) is 0 Å². The molecule has 0 aliphatic heterocycles. The van der Waals surface area contributed by atoms with Gasteiger partial charge in [-0.05, 0) is 42.3 Å². The van der Waals surface area contributed by atoms with Crippen LogP contribution in [0.5, 0.6) is 0 Å². The van der Waals surface area contributed by atoms with Gasteiger partial charge in [-0.1, -0.05) is 35.0 Å². The fraction of sp³-hybridized carbons (Fsp3) is 0.133. The molecule has 0 aliphatic rings. The summed E-state index contributed by atoms with van der Waals surface area (Å²) in [6.45, 7) is 1.95. The molecule has 0 heterocycles. The van der Waals surface area contributed by atoms with Gasteiger partial charge in [0.15, 0.2) is 0 Å². The van der Waals surface area contributed by atoms with Crippen LogP contribution in [0.4, 0.5) is 5.69 Å². The molecule has 0 aliphatic carbocycles. The smallest absolute Gasteiger partial charge is 0.263 e. The summed E-state index contributed by atoms with van der Waals surface area (Å²) in [6, 6.07) is 13.4. The lowest BCUT2D eigenvalue weighted by molar-refractivity contribution is 0.601. The molecule has 2 rings (SSSR count). The van der Waals surface area contributed by atoms with Crippen LogP contribution in [0.15, 0.2) is 51.8 Å². The van der Waals surface area contributed by atoms with E-state index in [1.54, 1.807) is 24.3 Å². The van der Waals surface area contributed by atoms with Crippen molar-refractivity contribution in [3.05, 3.63) is 58.1 Å². The molecule has 2 aromatic rings. The lowest BCUT2D eigenvalue weighted by Gasteiger charge is -2.13. The molecular weight excluding hydrogens is 352 g/mol. The predicted octanol–water partition coefficient (Wildman–Crippen LogP) is 3.68. The topological polar surface area (TPSA) is 70.0 Å². The minimum atomic E-state index is -3.79. The van der Waals surface area contributed by atoms with Crippen molar-refractivity contribution in [1.29, 1.82) is 5.26 Å². The van der Waals surface area contributed by atoms with Crippen molar-refractivity contribution in [3.63, 3.8) is 0 Å². The second-order valence-electron chi connectivity index (χ2n) is 4.37. The Bertz CT molecular complexity index is 811. The number of nitrogens with one attached hydrogen (secondary N) is 1. The number of anilines is 1. The highest BCUT2D eigenvalue weighted by Crippen LogP contribution is 2.25. The van der Waals surface area contributed by atoms with Gasteiger partial charge in [-0.15, -0.1) is 0 Å². The highest BCUT2D eigenvalue weighted by molar-refractivity contribution is 9.10. The van der Waals surface area contributed by atoms with Crippen LogP contribution < -0.4 is 4.72 Å². The fourth-order valence-corrected chi connectivity index (χ4v) is 3.62. The molecule has 2 aromatic carbocycles. The summed E-state index contributed by atoms with van der Waals surface area (Å²) in [4.78, 5) is -0.0162. The Balaban J connectivity index is 2.45.